The zero-order valence-electron chi connectivity index (χ0n) is 5.54. The van der Waals surface area contributed by atoms with Crippen LogP contribution in [0.1, 0.15) is 25.7 Å². The lowest BCUT2D eigenvalue weighted by Gasteiger charge is -1.92. The van der Waals surface area contributed by atoms with Crippen molar-refractivity contribution in [1.82, 2.24) is 0 Å². The van der Waals surface area contributed by atoms with Gasteiger partial charge in [-0.1, -0.05) is 0 Å². The Kier molecular flexibility index (Phi) is 4.28. The average Bonchev–Trinajstić information content (AvgIpc) is 1.79. The smallest absolute Gasteiger partial charge is 0.303 e. The van der Waals surface area contributed by atoms with Crippen molar-refractivity contribution in [1.29, 1.82) is 0 Å². The third-order valence-corrected chi connectivity index (χ3v) is 1.03. The molecule has 0 aromatic carbocycles. The molecule has 58 valence electrons. The van der Waals surface area contributed by atoms with Gasteiger partial charge in [0.05, 0.1) is 0 Å². The third kappa shape index (κ3) is 6.94. The van der Waals surface area contributed by atoms with Gasteiger partial charge in [0, 0.05) is 12.8 Å². The minimum Gasteiger partial charge on any atom is -0.481 e. The number of rotatable bonds is 5. The molecule has 0 aliphatic carbocycles. The summed E-state index contributed by atoms with van der Waals surface area (Å²) < 4.78 is 0. The molecular formula is C6H10O4. The zero-order chi connectivity index (χ0) is 7.98. The van der Waals surface area contributed by atoms with Crippen LogP contribution in [0.3, 0.4) is 0 Å². The number of carbonyl (C=O) groups is 2. The SMILES string of the molecule is O=C(O)CCCCC(O)=[18O]. The molecule has 10 heavy (non-hydrogen) atoms. The highest BCUT2D eigenvalue weighted by Crippen LogP contribution is 1.98. The van der Waals surface area contributed by atoms with Crippen LogP contribution < -0.4 is 0 Å². The van der Waals surface area contributed by atoms with E-state index in [1.54, 1.807) is 0 Å². The summed E-state index contributed by atoms with van der Waals surface area (Å²) in [6.45, 7) is 0. The predicted octanol–water partition coefficient (Wildman–Crippen LogP) is 0.716. The number of unbranched alkanes of at least 4 members (excludes halogenated alkanes) is 1. The Morgan fingerprint density at radius 2 is 1.70 bits per heavy atom. The monoisotopic (exact) mass is 148 g/mol. The Balaban J connectivity index is 3.06. The summed E-state index contributed by atoms with van der Waals surface area (Å²) in [7, 11) is 0. The number of carboxylic acid groups (broad SMARTS) is 2. The van der Waals surface area contributed by atoms with Gasteiger partial charge in [-0.05, 0) is 12.8 Å². The van der Waals surface area contributed by atoms with Crippen molar-refractivity contribution in [3.8, 4) is 0 Å². The van der Waals surface area contributed by atoms with Gasteiger partial charge in [-0.2, -0.15) is 0 Å². The molecule has 0 unspecified atom stereocenters. The highest BCUT2D eigenvalue weighted by atomic mass is 18.1. The summed E-state index contributed by atoms with van der Waals surface area (Å²) in [6, 6.07) is 0. The lowest BCUT2D eigenvalue weighted by Crippen LogP contribution is -1.97. The fraction of sp³-hybridized carbons (Fsp3) is 0.667. The van der Waals surface area contributed by atoms with Gasteiger partial charge >= 0.3 is 11.9 Å². The molecule has 0 aromatic rings. The summed E-state index contributed by atoms with van der Waals surface area (Å²) in [5.41, 5.74) is 0. The van der Waals surface area contributed by atoms with Crippen molar-refractivity contribution in [2.24, 2.45) is 0 Å². The van der Waals surface area contributed by atoms with E-state index in [1.165, 1.54) is 0 Å². The Morgan fingerprint density at radius 1 is 1.20 bits per heavy atom. The molecule has 0 heterocycles. The maximum absolute atomic E-state index is 9.90. The molecule has 4 heteroatoms. The van der Waals surface area contributed by atoms with E-state index in [0.717, 1.165) is 0 Å². The number of aliphatic carboxylic acids is 2. The van der Waals surface area contributed by atoms with Crippen molar-refractivity contribution in [3.05, 3.63) is 0 Å². The van der Waals surface area contributed by atoms with Crippen molar-refractivity contribution >= 4 is 11.9 Å². The van der Waals surface area contributed by atoms with Gasteiger partial charge < -0.3 is 10.2 Å². The van der Waals surface area contributed by atoms with Gasteiger partial charge in [-0.15, -0.1) is 0 Å². The molecule has 0 saturated carbocycles. The topological polar surface area (TPSA) is 74.6 Å². The van der Waals surface area contributed by atoms with Crippen LogP contribution in [0.2, 0.25) is 0 Å². The molecule has 0 radical (unpaired) electrons. The molecule has 0 rings (SSSR count). The Morgan fingerprint density at radius 3 is 2.10 bits per heavy atom. The van der Waals surface area contributed by atoms with Gasteiger partial charge in [-0.3, -0.25) is 9.59 Å². The van der Waals surface area contributed by atoms with E-state index < -0.39 is 11.9 Å². The van der Waals surface area contributed by atoms with E-state index in [0.29, 0.717) is 12.8 Å². The van der Waals surface area contributed by atoms with E-state index in [2.05, 4.69) is 0 Å². The van der Waals surface area contributed by atoms with Gasteiger partial charge in [0.1, 0.15) is 0 Å². The molecule has 0 spiro atoms. The maximum atomic E-state index is 9.90. The molecule has 0 aliphatic rings. The van der Waals surface area contributed by atoms with Crippen molar-refractivity contribution in [2.45, 2.75) is 25.7 Å². The van der Waals surface area contributed by atoms with Crippen LogP contribution in [-0.4, -0.2) is 22.2 Å². The zero-order valence-corrected chi connectivity index (χ0v) is 5.54. The van der Waals surface area contributed by atoms with E-state index in [9.17, 15) is 9.59 Å². The van der Waals surface area contributed by atoms with Crippen molar-refractivity contribution < 1.29 is 19.8 Å². The van der Waals surface area contributed by atoms with Crippen molar-refractivity contribution in [3.63, 3.8) is 0 Å². The van der Waals surface area contributed by atoms with Gasteiger partial charge in [0.15, 0.2) is 0 Å². The fourth-order valence-electron chi connectivity index (χ4n) is 0.552. The quantitative estimate of drug-likeness (QED) is 0.445. The van der Waals surface area contributed by atoms with Crippen LogP contribution in [0, 0.1) is 0 Å². The molecule has 0 bridgehead atoms. The van der Waals surface area contributed by atoms with Gasteiger partial charge in [0.2, 0.25) is 0 Å². The molecular weight excluding hydrogens is 138 g/mol. The first-order valence-corrected chi connectivity index (χ1v) is 3.06. The highest BCUT2D eigenvalue weighted by Gasteiger charge is 1.99. The maximum Gasteiger partial charge on any atom is 0.303 e. The molecule has 2 N–H and O–H groups in total. The van der Waals surface area contributed by atoms with Crippen LogP contribution in [-0.2, 0) is 9.59 Å². The van der Waals surface area contributed by atoms with E-state index in [1.807, 2.05) is 0 Å². The van der Waals surface area contributed by atoms with Gasteiger partial charge in [0.25, 0.3) is 0 Å². The first-order valence-electron chi connectivity index (χ1n) is 3.06. The molecule has 0 saturated heterocycles. The van der Waals surface area contributed by atoms with Crippen molar-refractivity contribution in [2.75, 3.05) is 0 Å². The minimum atomic E-state index is -0.870. The Hall–Kier alpha value is -1.06. The number of carboxylic acids is 2. The van der Waals surface area contributed by atoms with Crippen LogP contribution in [0.15, 0.2) is 0 Å². The summed E-state index contributed by atoms with van der Waals surface area (Å²) in [4.78, 5) is 19.8. The summed E-state index contributed by atoms with van der Waals surface area (Å²) in [5, 5.41) is 16.3. The largest absolute Gasteiger partial charge is 0.481 e. The van der Waals surface area contributed by atoms with E-state index in [4.69, 9.17) is 10.2 Å². The Labute approximate surface area is 58.5 Å². The normalized spacial score (nSPS) is 9.20. The second-order valence-corrected chi connectivity index (χ2v) is 1.99. The van der Waals surface area contributed by atoms with Crippen LogP contribution >= 0.6 is 0 Å². The second kappa shape index (κ2) is 4.78. The first kappa shape index (κ1) is 8.94. The fourth-order valence-corrected chi connectivity index (χ4v) is 0.552. The Bertz CT molecular complexity index is 114. The summed E-state index contributed by atoms with van der Waals surface area (Å²) in [6.07, 6.45) is 1.02. The summed E-state index contributed by atoms with van der Waals surface area (Å²) >= 11 is 0. The standard InChI is InChI=1S/C6H10O4/c7-5(8)3-1-2-4-6(9)10/h1-4H2,(H,7,8)(H,9,10)/i7+2. The lowest BCUT2D eigenvalue weighted by molar-refractivity contribution is -0.139. The van der Waals surface area contributed by atoms with Gasteiger partial charge in [-0.25, -0.2) is 0 Å². The number of hydrogen-bond donors (Lipinski definition) is 2. The molecule has 0 amide bonds. The third-order valence-electron chi connectivity index (χ3n) is 1.03. The van der Waals surface area contributed by atoms with E-state index >= 15 is 0 Å². The number of hydrogen-bond acceptors (Lipinski definition) is 2. The second-order valence-electron chi connectivity index (χ2n) is 1.99. The molecule has 0 aliphatic heterocycles. The predicted molar refractivity (Wildman–Crippen MR) is 33.7 cm³/mol. The van der Waals surface area contributed by atoms with Crippen LogP contribution in [0.5, 0.6) is 0 Å². The molecule has 0 aromatic heterocycles. The van der Waals surface area contributed by atoms with Crippen LogP contribution in [0.4, 0.5) is 0 Å². The molecule has 0 atom stereocenters. The summed E-state index contributed by atoms with van der Waals surface area (Å²) in [5.74, 6) is -1.74. The van der Waals surface area contributed by atoms with Crippen LogP contribution in [0.25, 0.3) is 0 Å². The van der Waals surface area contributed by atoms with E-state index in [-0.39, 0.29) is 12.8 Å². The molecule has 0 fully saturated rings. The minimum absolute atomic E-state index is 0.0628. The highest BCUT2D eigenvalue weighted by molar-refractivity contribution is 5.67. The lowest BCUT2D eigenvalue weighted by atomic mass is 10.2. The molecule has 4 nitrogen and oxygen atoms in total. The average molecular weight is 148 g/mol. The first-order chi connectivity index (χ1) is 4.63.